The number of allylic oxidation sites excluding steroid dienone is 1. The quantitative estimate of drug-likeness (QED) is 0.742. The zero-order valence-corrected chi connectivity index (χ0v) is 15.6. The summed E-state index contributed by atoms with van der Waals surface area (Å²) in [6.07, 6.45) is 3.69. The topological polar surface area (TPSA) is 62.9 Å². The van der Waals surface area contributed by atoms with Gasteiger partial charge in [-0.05, 0) is 24.1 Å². The normalized spacial score (nSPS) is 32.2. The van der Waals surface area contributed by atoms with Gasteiger partial charge in [-0.2, -0.15) is 5.26 Å². The Hall–Kier alpha value is -2.67. The number of fused-ring (bicyclic) bond motifs is 3. The van der Waals surface area contributed by atoms with Gasteiger partial charge in [-0.1, -0.05) is 32.1 Å². The van der Waals surface area contributed by atoms with Crippen molar-refractivity contribution in [2.75, 3.05) is 0 Å². The maximum absolute atomic E-state index is 13.8. The lowest BCUT2D eigenvalue weighted by Crippen LogP contribution is -2.60. The number of nitrogens with zero attached hydrogens (tertiary/aromatic N) is 2. The van der Waals surface area contributed by atoms with Crippen molar-refractivity contribution in [2.45, 2.75) is 38.0 Å². The first-order valence-corrected chi connectivity index (χ1v) is 8.88. The van der Waals surface area contributed by atoms with Crippen LogP contribution < -0.4 is 0 Å². The van der Waals surface area contributed by atoms with E-state index in [1.165, 1.54) is 6.08 Å². The molecule has 2 aliphatic carbocycles. The SMILES string of the molecule is C=C[C@]1(C)C(=O)C[C@H]2C(=O)[C@]1(C#N)c1cccc3c1c(cn3C)C2(C)C. The lowest BCUT2D eigenvalue weighted by molar-refractivity contribution is -0.147. The summed E-state index contributed by atoms with van der Waals surface area (Å²) < 4.78 is 2.04. The van der Waals surface area contributed by atoms with E-state index in [4.69, 9.17) is 0 Å². The van der Waals surface area contributed by atoms with Crippen molar-refractivity contribution in [1.82, 2.24) is 4.57 Å². The van der Waals surface area contributed by atoms with Gasteiger partial charge in [-0.25, -0.2) is 0 Å². The fourth-order valence-corrected chi connectivity index (χ4v) is 5.14. The number of benzene rings is 1. The van der Waals surface area contributed by atoms with Crippen molar-refractivity contribution in [1.29, 1.82) is 5.26 Å². The number of ketones is 2. The van der Waals surface area contributed by atoms with Crippen molar-refractivity contribution >= 4 is 22.5 Å². The van der Waals surface area contributed by atoms with Crippen LogP contribution in [0, 0.1) is 22.7 Å². The monoisotopic (exact) mass is 346 g/mol. The van der Waals surface area contributed by atoms with Crippen LogP contribution in [-0.2, 0) is 27.5 Å². The molecule has 0 N–H and O–H groups in total. The summed E-state index contributed by atoms with van der Waals surface area (Å²) in [5.41, 5.74) is -0.677. The lowest BCUT2D eigenvalue weighted by Gasteiger charge is -2.47. The second-order valence-corrected chi connectivity index (χ2v) is 8.39. The van der Waals surface area contributed by atoms with Crippen LogP contribution in [0.3, 0.4) is 0 Å². The van der Waals surface area contributed by atoms with Crippen LogP contribution >= 0.6 is 0 Å². The molecule has 2 aromatic rings. The molecule has 1 heterocycles. The lowest BCUT2D eigenvalue weighted by atomic mass is 9.49. The predicted octanol–water partition coefficient (Wildman–Crippen LogP) is 3.58. The number of hydrogen-bond acceptors (Lipinski definition) is 3. The molecule has 1 saturated carbocycles. The number of hydrogen-bond donors (Lipinski definition) is 0. The molecule has 4 rings (SSSR count). The van der Waals surface area contributed by atoms with Gasteiger partial charge in [0, 0.05) is 41.9 Å². The average molecular weight is 346 g/mol. The molecule has 1 fully saturated rings. The van der Waals surface area contributed by atoms with Gasteiger partial charge in [-0.15, -0.1) is 6.58 Å². The number of nitriles is 1. The van der Waals surface area contributed by atoms with Crippen LogP contribution in [0.5, 0.6) is 0 Å². The number of aryl methyl sites for hydroxylation is 1. The molecule has 3 atom stereocenters. The molecule has 0 amide bonds. The molecule has 2 aliphatic rings. The minimum Gasteiger partial charge on any atom is -0.350 e. The van der Waals surface area contributed by atoms with E-state index in [1.807, 2.05) is 49.9 Å². The summed E-state index contributed by atoms with van der Waals surface area (Å²) in [5, 5.41) is 11.3. The Balaban J connectivity index is 2.30. The minimum absolute atomic E-state index is 0.0849. The summed E-state index contributed by atoms with van der Waals surface area (Å²) in [6.45, 7) is 9.56. The molecule has 0 saturated heterocycles. The van der Waals surface area contributed by atoms with Gasteiger partial charge in [0.05, 0.1) is 11.5 Å². The van der Waals surface area contributed by atoms with Crippen LogP contribution in [0.1, 0.15) is 38.3 Å². The molecule has 26 heavy (non-hydrogen) atoms. The first kappa shape index (κ1) is 16.8. The van der Waals surface area contributed by atoms with Crippen LogP contribution in [-0.4, -0.2) is 16.1 Å². The van der Waals surface area contributed by atoms with Gasteiger partial charge in [0.15, 0.2) is 11.2 Å². The van der Waals surface area contributed by atoms with Gasteiger partial charge in [0.1, 0.15) is 5.78 Å². The molecule has 1 aromatic heterocycles. The summed E-state index contributed by atoms with van der Waals surface area (Å²) in [7, 11) is 1.97. The Morgan fingerprint density at radius 3 is 2.58 bits per heavy atom. The Labute approximate surface area is 153 Å². The van der Waals surface area contributed by atoms with E-state index in [-0.39, 0.29) is 18.0 Å². The van der Waals surface area contributed by atoms with Crippen molar-refractivity contribution in [3.05, 3.63) is 48.2 Å². The highest BCUT2D eigenvalue weighted by molar-refractivity contribution is 6.13. The third kappa shape index (κ3) is 1.51. The third-order valence-electron chi connectivity index (χ3n) is 6.99. The molecule has 132 valence electrons. The maximum atomic E-state index is 13.8. The zero-order chi connectivity index (χ0) is 19.1. The molecule has 4 nitrogen and oxygen atoms in total. The van der Waals surface area contributed by atoms with Crippen LogP contribution in [0.25, 0.3) is 10.9 Å². The van der Waals surface area contributed by atoms with E-state index < -0.39 is 22.2 Å². The van der Waals surface area contributed by atoms with Gasteiger partial charge in [0.2, 0.25) is 0 Å². The Morgan fingerprint density at radius 1 is 1.27 bits per heavy atom. The first-order chi connectivity index (χ1) is 12.2. The van der Waals surface area contributed by atoms with Crippen LogP contribution in [0.15, 0.2) is 37.1 Å². The fourth-order valence-electron chi connectivity index (χ4n) is 5.14. The van der Waals surface area contributed by atoms with Crippen molar-refractivity contribution < 1.29 is 9.59 Å². The summed E-state index contributed by atoms with van der Waals surface area (Å²) in [5.74, 6) is -0.766. The fraction of sp³-hybridized carbons (Fsp3) is 0.409. The van der Waals surface area contributed by atoms with E-state index in [2.05, 4.69) is 12.6 Å². The Kier molecular flexibility index (Phi) is 3.05. The van der Waals surface area contributed by atoms with E-state index in [0.29, 0.717) is 5.56 Å². The number of carbonyl (C=O) groups is 2. The highest BCUT2D eigenvalue weighted by atomic mass is 16.1. The molecule has 0 radical (unpaired) electrons. The second kappa shape index (κ2) is 4.73. The number of aromatic nitrogens is 1. The van der Waals surface area contributed by atoms with E-state index in [0.717, 1.165) is 16.5 Å². The molecule has 0 spiro atoms. The number of carbonyl (C=O) groups excluding carboxylic acids is 2. The molecule has 1 aromatic carbocycles. The molecule has 0 unspecified atom stereocenters. The maximum Gasteiger partial charge on any atom is 0.163 e. The van der Waals surface area contributed by atoms with Gasteiger partial charge < -0.3 is 4.57 Å². The minimum atomic E-state index is -1.54. The van der Waals surface area contributed by atoms with E-state index in [1.54, 1.807) is 6.92 Å². The molecule has 0 aliphatic heterocycles. The highest BCUT2D eigenvalue weighted by Gasteiger charge is 2.66. The van der Waals surface area contributed by atoms with E-state index >= 15 is 0 Å². The second-order valence-electron chi connectivity index (χ2n) is 8.39. The first-order valence-electron chi connectivity index (χ1n) is 8.88. The van der Waals surface area contributed by atoms with Gasteiger partial charge >= 0.3 is 0 Å². The van der Waals surface area contributed by atoms with Crippen molar-refractivity contribution in [3.63, 3.8) is 0 Å². The zero-order valence-electron chi connectivity index (χ0n) is 15.6. The molecule has 2 bridgehead atoms. The summed E-state index contributed by atoms with van der Waals surface area (Å²) in [6, 6.07) is 8.01. The van der Waals surface area contributed by atoms with Crippen molar-refractivity contribution in [2.24, 2.45) is 18.4 Å². The third-order valence-corrected chi connectivity index (χ3v) is 6.99. The largest absolute Gasteiger partial charge is 0.350 e. The van der Waals surface area contributed by atoms with Crippen molar-refractivity contribution in [3.8, 4) is 6.07 Å². The highest BCUT2D eigenvalue weighted by Crippen LogP contribution is 2.58. The van der Waals surface area contributed by atoms with Crippen LogP contribution in [0.2, 0.25) is 0 Å². The summed E-state index contributed by atoms with van der Waals surface area (Å²) >= 11 is 0. The smallest absolute Gasteiger partial charge is 0.163 e. The Bertz CT molecular complexity index is 1050. The molecule has 4 heteroatoms. The Morgan fingerprint density at radius 2 is 1.96 bits per heavy atom. The molecular formula is C22H22N2O2. The van der Waals surface area contributed by atoms with Crippen LogP contribution in [0.4, 0.5) is 0 Å². The standard InChI is InChI=1S/C22H22N2O2/c1-6-21(4)17(25)10-14-19(26)22(21,12-23)13-8-7-9-16-18(13)15(11-24(16)5)20(14,2)3/h6-9,11,14H,1,10H2,2-5H3/t14-,21+,22-/m0/s1. The number of rotatable bonds is 1. The predicted molar refractivity (Wildman–Crippen MR) is 99.7 cm³/mol. The summed E-state index contributed by atoms with van der Waals surface area (Å²) in [4.78, 5) is 27.0. The van der Waals surface area contributed by atoms with Gasteiger partial charge in [0.25, 0.3) is 0 Å². The van der Waals surface area contributed by atoms with Gasteiger partial charge in [-0.3, -0.25) is 9.59 Å². The average Bonchev–Trinajstić information content (AvgIpc) is 2.95. The molecular weight excluding hydrogens is 324 g/mol. The van der Waals surface area contributed by atoms with E-state index in [9.17, 15) is 14.9 Å². The number of Topliss-reactive ketones (excluding diaryl/α,β-unsaturated/α-hetero) is 2.